The zero-order chi connectivity index (χ0) is 15.6. The van der Waals surface area contributed by atoms with Crippen LogP contribution in [-0.4, -0.2) is 23.3 Å². The van der Waals surface area contributed by atoms with E-state index in [4.69, 9.17) is 11.6 Å². The molecule has 2 aromatic rings. The molecule has 0 aliphatic carbocycles. The number of sulfonamides is 1. The molecule has 2 rings (SSSR count). The van der Waals surface area contributed by atoms with Crippen molar-refractivity contribution in [3.05, 3.63) is 50.5 Å². The van der Waals surface area contributed by atoms with Gasteiger partial charge in [-0.15, -0.1) is 0 Å². The molecule has 0 spiro atoms. The molecular formula is C10H6BrClN4O4S. The minimum absolute atomic E-state index is 0.0270. The van der Waals surface area contributed by atoms with E-state index >= 15 is 0 Å². The van der Waals surface area contributed by atoms with Gasteiger partial charge in [0.2, 0.25) is 5.28 Å². The normalized spacial score (nSPS) is 11.1. The SMILES string of the molecule is O=[N+]([O-])c1ccc(Br)c(NS(=O)(=O)c2cnc(Cl)nc2)c1. The molecule has 0 radical (unpaired) electrons. The quantitative estimate of drug-likeness (QED) is 0.485. The van der Waals surface area contributed by atoms with Gasteiger partial charge in [0.1, 0.15) is 4.90 Å². The maximum absolute atomic E-state index is 12.1. The number of hydrogen-bond acceptors (Lipinski definition) is 6. The molecule has 0 aliphatic rings. The lowest BCUT2D eigenvalue weighted by Gasteiger charge is -2.09. The number of nitrogens with one attached hydrogen (secondary N) is 1. The molecule has 0 aliphatic heterocycles. The van der Waals surface area contributed by atoms with Crippen LogP contribution in [0.25, 0.3) is 0 Å². The Kier molecular flexibility index (Phi) is 4.40. The van der Waals surface area contributed by atoms with Gasteiger partial charge in [0, 0.05) is 16.6 Å². The van der Waals surface area contributed by atoms with Crippen LogP contribution in [0.2, 0.25) is 5.28 Å². The average molecular weight is 394 g/mol. The van der Waals surface area contributed by atoms with Gasteiger partial charge >= 0.3 is 0 Å². The van der Waals surface area contributed by atoms with Crippen molar-refractivity contribution >= 4 is 48.9 Å². The Morgan fingerprint density at radius 2 is 1.90 bits per heavy atom. The van der Waals surface area contributed by atoms with Crippen molar-refractivity contribution < 1.29 is 13.3 Å². The summed E-state index contributed by atoms with van der Waals surface area (Å²) in [6, 6.07) is 3.71. The van der Waals surface area contributed by atoms with Gasteiger partial charge in [0.05, 0.1) is 23.0 Å². The highest BCUT2D eigenvalue weighted by Crippen LogP contribution is 2.29. The van der Waals surface area contributed by atoms with Crippen molar-refractivity contribution in [2.45, 2.75) is 4.90 Å². The van der Waals surface area contributed by atoms with Crippen molar-refractivity contribution in [2.24, 2.45) is 0 Å². The monoisotopic (exact) mass is 392 g/mol. The number of aromatic nitrogens is 2. The number of non-ortho nitro benzene ring substituents is 1. The highest BCUT2D eigenvalue weighted by molar-refractivity contribution is 9.10. The molecule has 0 unspecified atom stereocenters. The van der Waals surface area contributed by atoms with E-state index in [1.807, 2.05) is 0 Å². The van der Waals surface area contributed by atoms with Crippen molar-refractivity contribution in [3.8, 4) is 0 Å². The second kappa shape index (κ2) is 5.92. The molecule has 0 fully saturated rings. The van der Waals surface area contributed by atoms with Gasteiger partial charge in [-0.1, -0.05) is 0 Å². The summed E-state index contributed by atoms with van der Waals surface area (Å²) < 4.78 is 26.8. The number of nitro benzene ring substituents is 1. The van der Waals surface area contributed by atoms with Crippen LogP contribution >= 0.6 is 27.5 Å². The van der Waals surface area contributed by atoms with Crippen molar-refractivity contribution in [3.63, 3.8) is 0 Å². The second-order valence-corrected chi connectivity index (χ2v) is 6.59. The number of halogens is 2. The van der Waals surface area contributed by atoms with Gasteiger partial charge < -0.3 is 0 Å². The zero-order valence-electron chi connectivity index (χ0n) is 10.0. The summed E-state index contributed by atoms with van der Waals surface area (Å²) >= 11 is 8.60. The summed E-state index contributed by atoms with van der Waals surface area (Å²) in [5.74, 6) is 0. The Morgan fingerprint density at radius 3 is 2.48 bits per heavy atom. The van der Waals surface area contributed by atoms with Crippen LogP contribution in [0.5, 0.6) is 0 Å². The van der Waals surface area contributed by atoms with E-state index < -0.39 is 14.9 Å². The van der Waals surface area contributed by atoms with Crippen molar-refractivity contribution in [2.75, 3.05) is 4.72 Å². The van der Waals surface area contributed by atoms with Gasteiger partial charge in [-0.25, -0.2) is 18.4 Å². The fourth-order valence-corrected chi connectivity index (χ4v) is 2.88. The third kappa shape index (κ3) is 3.65. The largest absolute Gasteiger partial charge is 0.278 e. The Morgan fingerprint density at radius 1 is 1.29 bits per heavy atom. The lowest BCUT2D eigenvalue weighted by molar-refractivity contribution is -0.384. The van der Waals surface area contributed by atoms with Crippen LogP contribution in [0.3, 0.4) is 0 Å². The maximum atomic E-state index is 12.1. The van der Waals surface area contributed by atoms with Crippen molar-refractivity contribution in [1.82, 2.24) is 9.97 Å². The summed E-state index contributed by atoms with van der Waals surface area (Å²) in [4.78, 5) is 17.0. The molecule has 1 heterocycles. The Bertz CT molecular complexity index is 797. The molecule has 1 N–H and O–H groups in total. The van der Waals surface area contributed by atoms with E-state index in [0.29, 0.717) is 4.47 Å². The maximum Gasteiger partial charge on any atom is 0.271 e. The molecule has 0 saturated heterocycles. The van der Waals surface area contributed by atoms with Crippen LogP contribution < -0.4 is 4.72 Å². The molecule has 11 heteroatoms. The summed E-state index contributed by atoms with van der Waals surface area (Å²) in [7, 11) is -3.98. The van der Waals surface area contributed by atoms with Gasteiger partial charge in [0.25, 0.3) is 15.7 Å². The minimum Gasteiger partial charge on any atom is -0.278 e. The average Bonchev–Trinajstić information content (AvgIpc) is 2.41. The molecule has 0 atom stereocenters. The Labute approximate surface area is 132 Å². The molecular weight excluding hydrogens is 388 g/mol. The van der Waals surface area contributed by atoms with Crippen molar-refractivity contribution in [1.29, 1.82) is 0 Å². The Hall–Kier alpha value is -1.78. The zero-order valence-corrected chi connectivity index (χ0v) is 13.2. The summed E-state index contributed by atoms with van der Waals surface area (Å²) in [6.07, 6.45) is 2.06. The van der Waals surface area contributed by atoms with E-state index in [1.165, 1.54) is 12.1 Å². The van der Waals surface area contributed by atoms with Crippen LogP contribution in [0.15, 0.2) is 40.0 Å². The predicted octanol–water partition coefficient (Wildman–Crippen LogP) is 2.60. The van der Waals surface area contributed by atoms with E-state index in [0.717, 1.165) is 18.5 Å². The fourth-order valence-electron chi connectivity index (χ4n) is 1.35. The number of rotatable bonds is 4. The number of benzene rings is 1. The highest BCUT2D eigenvalue weighted by Gasteiger charge is 2.18. The molecule has 1 aromatic carbocycles. The van der Waals surface area contributed by atoms with E-state index in [-0.39, 0.29) is 21.6 Å². The summed E-state index contributed by atoms with van der Waals surface area (Å²) in [5.41, 5.74) is -0.220. The molecule has 8 nitrogen and oxygen atoms in total. The summed E-state index contributed by atoms with van der Waals surface area (Å²) in [5, 5.41) is 10.6. The molecule has 1 aromatic heterocycles. The number of nitrogens with zero attached hydrogens (tertiary/aromatic N) is 3. The standard InChI is InChI=1S/C10H6BrClN4O4S/c11-8-2-1-6(16(17)18)3-9(8)15-21(19,20)7-4-13-10(12)14-5-7/h1-5,15H. The van der Waals surface area contributed by atoms with Crippen LogP contribution in [0, 0.1) is 10.1 Å². The van der Waals surface area contributed by atoms with Gasteiger partial charge in [-0.3, -0.25) is 14.8 Å². The molecule has 110 valence electrons. The Balaban J connectivity index is 2.38. The number of hydrogen-bond donors (Lipinski definition) is 1. The smallest absolute Gasteiger partial charge is 0.271 e. The predicted molar refractivity (Wildman–Crippen MR) is 78.6 cm³/mol. The number of nitro groups is 1. The fraction of sp³-hybridized carbons (Fsp3) is 0. The number of anilines is 1. The first-order chi connectivity index (χ1) is 9.79. The topological polar surface area (TPSA) is 115 Å². The first kappa shape index (κ1) is 15.6. The first-order valence-corrected chi connectivity index (χ1v) is 7.89. The molecule has 21 heavy (non-hydrogen) atoms. The van der Waals surface area contributed by atoms with E-state index in [9.17, 15) is 18.5 Å². The van der Waals surface area contributed by atoms with Gasteiger partial charge in [-0.2, -0.15) is 0 Å². The van der Waals surface area contributed by atoms with E-state index in [1.54, 1.807) is 0 Å². The summed E-state index contributed by atoms with van der Waals surface area (Å²) in [6.45, 7) is 0. The second-order valence-electron chi connectivity index (χ2n) is 3.71. The molecule has 0 saturated carbocycles. The lowest BCUT2D eigenvalue weighted by Crippen LogP contribution is -2.14. The third-order valence-corrected chi connectivity index (χ3v) is 4.52. The van der Waals surface area contributed by atoms with Gasteiger partial charge in [0.15, 0.2) is 0 Å². The van der Waals surface area contributed by atoms with Crippen LogP contribution in [0.4, 0.5) is 11.4 Å². The highest BCUT2D eigenvalue weighted by atomic mass is 79.9. The van der Waals surface area contributed by atoms with Crippen LogP contribution in [0.1, 0.15) is 0 Å². The van der Waals surface area contributed by atoms with Gasteiger partial charge in [-0.05, 0) is 33.6 Å². The molecule has 0 amide bonds. The lowest BCUT2D eigenvalue weighted by atomic mass is 10.3. The first-order valence-electron chi connectivity index (χ1n) is 5.24. The molecule has 0 bridgehead atoms. The van der Waals surface area contributed by atoms with Crippen LogP contribution in [-0.2, 0) is 10.0 Å². The minimum atomic E-state index is -3.98. The third-order valence-electron chi connectivity index (χ3n) is 2.31. The van der Waals surface area contributed by atoms with E-state index in [2.05, 4.69) is 30.6 Å².